The topological polar surface area (TPSA) is 55.6 Å². The second-order valence-electron chi connectivity index (χ2n) is 6.13. The van der Waals surface area contributed by atoms with Gasteiger partial charge in [-0.05, 0) is 25.2 Å². The second kappa shape index (κ2) is 4.77. The quantitative estimate of drug-likeness (QED) is 0.847. The molecule has 6 heteroatoms. The van der Waals surface area contributed by atoms with Gasteiger partial charge in [0.1, 0.15) is 6.26 Å². The first-order valence-electron chi connectivity index (χ1n) is 7.17. The van der Waals surface area contributed by atoms with Gasteiger partial charge in [-0.15, -0.1) is 11.8 Å². The molecule has 0 aromatic carbocycles. The summed E-state index contributed by atoms with van der Waals surface area (Å²) in [5.74, 6) is 1.87. The van der Waals surface area contributed by atoms with Gasteiger partial charge in [0.05, 0.1) is 10.9 Å². The van der Waals surface area contributed by atoms with E-state index in [9.17, 15) is 4.79 Å². The number of ether oxygens (including phenoxy) is 1. The number of thioether (sulfide) groups is 1. The van der Waals surface area contributed by atoms with E-state index < -0.39 is 0 Å². The predicted octanol–water partition coefficient (Wildman–Crippen LogP) is 1.80. The van der Waals surface area contributed by atoms with E-state index in [1.165, 1.54) is 25.5 Å². The minimum atomic E-state index is -0.0210. The Morgan fingerprint density at radius 1 is 1.55 bits per heavy atom. The predicted molar refractivity (Wildman–Crippen MR) is 74.7 cm³/mol. The highest BCUT2D eigenvalue weighted by atomic mass is 32.2. The van der Waals surface area contributed by atoms with Crippen molar-refractivity contribution < 1.29 is 13.9 Å². The van der Waals surface area contributed by atoms with Gasteiger partial charge in [-0.3, -0.25) is 4.79 Å². The van der Waals surface area contributed by atoms with Crippen LogP contribution in [0.5, 0.6) is 0 Å². The van der Waals surface area contributed by atoms with Crippen LogP contribution < -0.4 is 0 Å². The van der Waals surface area contributed by atoms with E-state index in [0.29, 0.717) is 11.8 Å². The van der Waals surface area contributed by atoms with Crippen LogP contribution in [-0.2, 0) is 4.74 Å². The van der Waals surface area contributed by atoms with Crippen molar-refractivity contribution in [1.82, 2.24) is 9.88 Å². The molecule has 1 spiro atoms. The van der Waals surface area contributed by atoms with Gasteiger partial charge in [-0.2, -0.15) is 0 Å². The maximum atomic E-state index is 12.1. The molecule has 1 aliphatic carbocycles. The van der Waals surface area contributed by atoms with Crippen molar-refractivity contribution in [2.24, 2.45) is 5.92 Å². The number of hydrogen-bond acceptors (Lipinski definition) is 5. The molecule has 1 amide bonds. The summed E-state index contributed by atoms with van der Waals surface area (Å²) in [5, 5.41) is 0. The lowest BCUT2D eigenvalue weighted by atomic mass is 9.92. The highest BCUT2D eigenvalue weighted by Gasteiger charge is 2.51. The van der Waals surface area contributed by atoms with Gasteiger partial charge in [0, 0.05) is 25.4 Å². The standard InChI is InChI=1S/C14H18N2O3S/c17-13(12-5-18-9-15-12)16-7-14(8-16)3-11(6-20-14)19-4-10-1-2-10/h5,9-11H,1-4,6-8H2. The van der Waals surface area contributed by atoms with E-state index in [2.05, 4.69) is 4.98 Å². The molecule has 5 nitrogen and oxygen atoms in total. The number of carbonyl (C=O) groups is 1. The minimum Gasteiger partial charge on any atom is -0.451 e. The van der Waals surface area contributed by atoms with Crippen LogP contribution in [0.25, 0.3) is 0 Å². The number of oxazole rings is 1. The Morgan fingerprint density at radius 2 is 2.40 bits per heavy atom. The van der Waals surface area contributed by atoms with Gasteiger partial charge in [-0.1, -0.05) is 0 Å². The third kappa shape index (κ3) is 2.35. The summed E-state index contributed by atoms with van der Waals surface area (Å²) in [6.07, 6.45) is 6.85. The van der Waals surface area contributed by atoms with Crippen molar-refractivity contribution in [2.45, 2.75) is 30.1 Å². The summed E-state index contributed by atoms with van der Waals surface area (Å²) in [6.45, 7) is 2.56. The van der Waals surface area contributed by atoms with Crippen LogP contribution in [0.1, 0.15) is 29.8 Å². The zero-order valence-corrected chi connectivity index (χ0v) is 12.1. The maximum absolute atomic E-state index is 12.1. The Hall–Kier alpha value is -1.01. The van der Waals surface area contributed by atoms with Crippen LogP contribution in [0.3, 0.4) is 0 Å². The summed E-state index contributed by atoms with van der Waals surface area (Å²) < 4.78 is 11.1. The van der Waals surface area contributed by atoms with Crippen LogP contribution in [0.15, 0.2) is 17.1 Å². The lowest BCUT2D eigenvalue weighted by Crippen LogP contribution is -2.60. The van der Waals surface area contributed by atoms with Crippen LogP contribution in [0, 0.1) is 5.92 Å². The SMILES string of the molecule is O=C(c1cocn1)N1CC2(CC(OCC3CC3)CS2)C1. The Balaban J connectivity index is 1.28. The second-order valence-corrected chi connectivity index (χ2v) is 7.62. The average molecular weight is 294 g/mol. The van der Waals surface area contributed by atoms with Gasteiger partial charge in [0.25, 0.3) is 5.91 Å². The molecule has 0 N–H and O–H groups in total. The molecule has 3 aliphatic rings. The van der Waals surface area contributed by atoms with E-state index >= 15 is 0 Å². The van der Waals surface area contributed by atoms with Crippen molar-refractivity contribution in [1.29, 1.82) is 0 Å². The van der Waals surface area contributed by atoms with Crippen LogP contribution in [0.4, 0.5) is 0 Å². The van der Waals surface area contributed by atoms with Crippen molar-refractivity contribution in [3.8, 4) is 0 Å². The molecule has 1 atom stereocenters. The smallest absolute Gasteiger partial charge is 0.275 e. The third-order valence-electron chi connectivity index (χ3n) is 4.34. The number of hydrogen-bond donors (Lipinski definition) is 0. The molecule has 1 saturated carbocycles. The molecule has 108 valence electrons. The molecule has 2 saturated heterocycles. The Morgan fingerprint density at radius 3 is 3.10 bits per heavy atom. The Bertz CT molecular complexity index is 495. The van der Waals surface area contributed by atoms with E-state index in [1.807, 2.05) is 16.7 Å². The van der Waals surface area contributed by atoms with E-state index in [1.54, 1.807) is 0 Å². The Kier molecular flexibility index (Phi) is 3.03. The summed E-state index contributed by atoms with van der Waals surface area (Å²) in [5.41, 5.74) is 0.407. The molecule has 4 rings (SSSR count). The first kappa shape index (κ1) is 12.7. The van der Waals surface area contributed by atoms with Crippen LogP contribution >= 0.6 is 11.8 Å². The molecule has 0 radical (unpaired) electrons. The largest absolute Gasteiger partial charge is 0.451 e. The van der Waals surface area contributed by atoms with Crippen molar-refractivity contribution >= 4 is 17.7 Å². The van der Waals surface area contributed by atoms with Gasteiger partial charge in [0.2, 0.25) is 0 Å². The molecule has 0 bridgehead atoms. The number of likely N-dealkylation sites (tertiary alicyclic amines) is 1. The van der Waals surface area contributed by atoms with E-state index in [-0.39, 0.29) is 10.7 Å². The molecular weight excluding hydrogens is 276 g/mol. The monoisotopic (exact) mass is 294 g/mol. The first-order valence-corrected chi connectivity index (χ1v) is 8.16. The molecular formula is C14H18N2O3S. The number of nitrogens with zero attached hydrogens (tertiary/aromatic N) is 2. The van der Waals surface area contributed by atoms with Crippen molar-refractivity contribution in [3.05, 3.63) is 18.4 Å². The lowest BCUT2D eigenvalue weighted by Gasteiger charge is -2.47. The molecule has 1 aromatic rings. The van der Waals surface area contributed by atoms with E-state index in [0.717, 1.165) is 37.8 Å². The third-order valence-corrected chi connectivity index (χ3v) is 5.91. The van der Waals surface area contributed by atoms with Crippen molar-refractivity contribution in [3.63, 3.8) is 0 Å². The highest BCUT2D eigenvalue weighted by molar-refractivity contribution is 8.01. The molecule has 1 unspecified atom stereocenters. The summed E-state index contributed by atoms with van der Waals surface area (Å²) in [7, 11) is 0. The van der Waals surface area contributed by atoms with Crippen LogP contribution in [-0.4, -0.2) is 52.1 Å². The first-order chi connectivity index (χ1) is 9.74. The normalized spacial score (nSPS) is 27.8. The average Bonchev–Trinajstić information content (AvgIpc) is 2.93. The lowest BCUT2D eigenvalue weighted by molar-refractivity contribution is 0.0284. The number of amides is 1. The molecule has 2 aliphatic heterocycles. The highest BCUT2D eigenvalue weighted by Crippen LogP contribution is 2.46. The molecule has 20 heavy (non-hydrogen) atoms. The molecule has 1 aromatic heterocycles. The van der Waals surface area contributed by atoms with Gasteiger partial charge < -0.3 is 14.1 Å². The Labute approximate surface area is 122 Å². The fraction of sp³-hybridized carbons (Fsp3) is 0.714. The number of carbonyl (C=O) groups excluding carboxylic acids is 1. The van der Waals surface area contributed by atoms with E-state index in [4.69, 9.17) is 9.15 Å². The zero-order valence-electron chi connectivity index (χ0n) is 11.3. The summed E-state index contributed by atoms with van der Waals surface area (Å²) in [4.78, 5) is 17.9. The minimum absolute atomic E-state index is 0.0210. The molecule has 3 heterocycles. The fourth-order valence-electron chi connectivity index (χ4n) is 2.96. The van der Waals surface area contributed by atoms with Crippen molar-refractivity contribution in [2.75, 3.05) is 25.4 Å². The summed E-state index contributed by atoms with van der Waals surface area (Å²) in [6, 6.07) is 0. The maximum Gasteiger partial charge on any atom is 0.275 e. The van der Waals surface area contributed by atoms with Gasteiger partial charge in [0.15, 0.2) is 12.1 Å². The zero-order chi connectivity index (χ0) is 13.6. The number of rotatable bonds is 4. The van der Waals surface area contributed by atoms with Gasteiger partial charge >= 0.3 is 0 Å². The summed E-state index contributed by atoms with van der Waals surface area (Å²) >= 11 is 1.97. The van der Waals surface area contributed by atoms with Gasteiger partial charge in [-0.25, -0.2) is 4.98 Å². The fourth-order valence-corrected chi connectivity index (χ4v) is 4.51. The number of aromatic nitrogens is 1. The molecule has 3 fully saturated rings. The van der Waals surface area contributed by atoms with Crippen LogP contribution in [0.2, 0.25) is 0 Å².